The van der Waals surface area contributed by atoms with Crippen molar-refractivity contribution in [3.8, 4) is 5.75 Å². The maximum absolute atomic E-state index is 11.5. The molecule has 3 nitrogen and oxygen atoms in total. The highest BCUT2D eigenvalue weighted by atomic mass is 16.5. The van der Waals surface area contributed by atoms with Crippen LogP contribution in [0.15, 0.2) is 33.5 Å². The summed E-state index contributed by atoms with van der Waals surface area (Å²) in [5.74, 6) is 1.46. The molecule has 19 heavy (non-hydrogen) atoms. The first-order chi connectivity index (χ1) is 8.90. The van der Waals surface area contributed by atoms with Crippen LogP contribution in [-0.2, 0) is 0 Å². The molecule has 0 N–H and O–H groups in total. The molecule has 0 spiro atoms. The van der Waals surface area contributed by atoms with Crippen molar-refractivity contribution < 1.29 is 9.15 Å². The smallest absolute Gasteiger partial charge is 0.336 e. The lowest BCUT2D eigenvalue weighted by Crippen LogP contribution is -2.42. The topological polar surface area (TPSA) is 39.4 Å². The molecule has 3 heteroatoms. The fourth-order valence-electron chi connectivity index (χ4n) is 2.88. The van der Waals surface area contributed by atoms with Crippen LogP contribution >= 0.6 is 0 Å². The second-order valence-electron chi connectivity index (χ2n) is 5.93. The molecule has 1 aliphatic rings. The summed E-state index contributed by atoms with van der Waals surface area (Å²) in [6.07, 6.45) is 0. The Morgan fingerprint density at radius 1 is 1.11 bits per heavy atom. The quantitative estimate of drug-likeness (QED) is 0.676. The van der Waals surface area contributed by atoms with Crippen LogP contribution in [-0.4, -0.2) is 5.60 Å². The van der Waals surface area contributed by atoms with Gasteiger partial charge in [0.25, 0.3) is 0 Å². The Hall–Kier alpha value is -1.77. The van der Waals surface area contributed by atoms with E-state index >= 15 is 0 Å². The SMILES string of the molecule is CC1c2c(ccc3ccc(=O)oc23)OC(C)(C)C1C. The standard InChI is InChI=1S/C16H18O3/c1-9-10(2)16(3,4)19-12-7-5-11-6-8-13(17)18-15(11)14(9)12/h5-10H,1-4H3. The monoisotopic (exact) mass is 258 g/mol. The van der Waals surface area contributed by atoms with E-state index in [1.165, 1.54) is 6.07 Å². The summed E-state index contributed by atoms with van der Waals surface area (Å²) >= 11 is 0. The van der Waals surface area contributed by atoms with Gasteiger partial charge in [0, 0.05) is 22.9 Å². The zero-order valence-electron chi connectivity index (χ0n) is 11.7. The fourth-order valence-corrected chi connectivity index (χ4v) is 2.88. The second-order valence-corrected chi connectivity index (χ2v) is 5.93. The lowest BCUT2D eigenvalue weighted by molar-refractivity contribution is 0.0225. The molecular weight excluding hydrogens is 240 g/mol. The first-order valence-corrected chi connectivity index (χ1v) is 6.66. The number of benzene rings is 1. The number of rotatable bonds is 0. The van der Waals surface area contributed by atoms with Gasteiger partial charge < -0.3 is 9.15 Å². The molecule has 3 rings (SSSR count). The maximum atomic E-state index is 11.5. The molecule has 0 radical (unpaired) electrons. The van der Waals surface area contributed by atoms with Crippen LogP contribution in [0.25, 0.3) is 11.0 Å². The van der Waals surface area contributed by atoms with E-state index in [2.05, 4.69) is 27.7 Å². The summed E-state index contributed by atoms with van der Waals surface area (Å²) in [6.45, 7) is 8.54. The summed E-state index contributed by atoms with van der Waals surface area (Å²) in [5, 5.41) is 0.945. The zero-order chi connectivity index (χ0) is 13.8. The van der Waals surface area contributed by atoms with Gasteiger partial charge in [-0.15, -0.1) is 0 Å². The summed E-state index contributed by atoms with van der Waals surface area (Å²) in [6, 6.07) is 7.17. The summed E-state index contributed by atoms with van der Waals surface area (Å²) in [7, 11) is 0. The molecule has 0 aliphatic carbocycles. The molecule has 1 aromatic carbocycles. The largest absolute Gasteiger partial charge is 0.487 e. The zero-order valence-corrected chi connectivity index (χ0v) is 11.7. The van der Waals surface area contributed by atoms with E-state index in [0.29, 0.717) is 11.5 Å². The van der Waals surface area contributed by atoms with E-state index in [-0.39, 0.29) is 17.1 Å². The Morgan fingerprint density at radius 2 is 1.79 bits per heavy atom. The van der Waals surface area contributed by atoms with Crippen molar-refractivity contribution in [3.05, 3.63) is 40.2 Å². The Balaban J connectivity index is 2.33. The highest BCUT2D eigenvalue weighted by Gasteiger charge is 2.40. The molecule has 2 atom stereocenters. The van der Waals surface area contributed by atoms with E-state index in [4.69, 9.17) is 9.15 Å². The minimum atomic E-state index is -0.314. The molecule has 0 fully saturated rings. The van der Waals surface area contributed by atoms with E-state index in [1.54, 1.807) is 6.07 Å². The minimum absolute atomic E-state index is 0.213. The van der Waals surface area contributed by atoms with Crippen molar-refractivity contribution in [2.45, 2.75) is 39.2 Å². The van der Waals surface area contributed by atoms with Gasteiger partial charge in [0.15, 0.2) is 0 Å². The molecule has 100 valence electrons. The van der Waals surface area contributed by atoms with E-state index < -0.39 is 0 Å². The van der Waals surface area contributed by atoms with Gasteiger partial charge in [-0.05, 0) is 38.0 Å². The average Bonchev–Trinajstić information content (AvgIpc) is 2.35. The van der Waals surface area contributed by atoms with Gasteiger partial charge in [-0.1, -0.05) is 13.8 Å². The first kappa shape index (κ1) is 12.3. The summed E-state index contributed by atoms with van der Waals surface area (Å²) in [4.78, 5) is 11.5. The molecule has 1 aromatic heterocycles. The van der Waals surface area contributed by atoms with Crippen LogP contribution in [0, 0.1) is 5.92 Å². The Kier molecular flexibility index (Phi) is 2.49. The molecule has 2 unspecified atom stereocenters. The highest BCUT2D eigenvalue weighted by molar-refractivity contribution is 5.83. The molecule has 1 aliphatic heterocycles. The third-order valence-corrected chi connectivity index (χ3v) is 4.46. The summed E-state index contributed by atoms with van der Waals surface area (Å²) in [5.41, 5.74) is 1.15. The van der Waals surface area contributed by atoms with Crippen LogP contribution in [0.4, 0.5) is 0 Å². The van der Waals surface area contributed by atoms with Gasteiger partial charge in [-0.2, -0.15) is 0 Å². The second kappa shape index (κ2) is 3.86. The first-order valence-electron chi connectivity index (χ1n) is 6.66. The fraction of sp³-hybridized carbons (Fsp3) is 0.438. The Morgan fingerprint density at radius 3 is 2.53 bits per heavy atom. The number of hydrogen-bond donors (Lipinski definition) is 0. The lowest BCUT2D eigenvalue weighted by Gasteiger charge is -2.42. The predicted molar refractivity (Wildman–Crippen MR) is 74.8 cm³/mol. The van der Waals surface area contributed by atoms with Crippen molar-refractivity contribution in [3.63, 3.8) is 0 Å². The normalized spacial score (nSPS) is 24.8. The molecule has 0 amide bonds. The third-order valence-electron chi connectivity index (χ3n) is 4.46. The van der Waals surface area contributed by atoms with E-state index in [0.717, 1.165) is 16.7 Å². The van der Waals surface area contributed by atoms with Gasteiger partial charge in [0.05, 0.1) is 0 Å². The van der Waals surface area contributed by atoms with Gasteiger partial charge in [-0.25, -0.2) is 4.79 Å². The van der Waals surface area contributed by atoms with Gasteiger partial charge in [0.2, 0.25) is 0 Å². The molecule has 0 saturated heterocycles. The van der Waals surface area contributed by atoms with Crippen molar-refractivity contribution in [2.75, 3.05) is 0 Å². The molecular formula is C16H18O3. The number of ether oxygens (including phenoxy) is 1. The molecule has 0 bridgehead atoms. The average molecular weight is 258 g/mol. The van der Waals surface area contributed by atoms with Gasteiger partial charge >= 0.3 is 5.63 Å². The van der Waals surface area contributed by atoms with Crippen LogP contribution < -0.4 is 10.4 Å². The lowest BCUT2D eigenvalue weighted by atomic mass is 9.76. The maximum Gasteiger partial charge on any atom is 0.336 e. The third kappa shape index (κ3) is 1.76. The van der Waals surface area contributed by atoms with Crippen molar-refractivity contribution in [2.24, 2.45) is 5.92 Å². The predicted octanol–water partition coefficient (Wildman–Crippen LogP) is 3.70. The molecule has 2 heterocycles. The van der Waals surface area contributed by atoms with Crippen LogP contribution in [0.1, 0.15) is 39.2 Å². The van der Waals surface area contributed by atoms with E-state index in [1.807, 2.05) is 12.1 Å². The number of hydrogen-bond acceptors (Lipinski definition) is 3. The van der Waals surface area contributed by atoms with Crippen molar-refractivity contribution >= 4 is 11.0 Å². The van der Waals surface area contributed by atoms with E-state index in [9.17, 15) is 4.79 Å². The van der Waals surface area contributed by atoms with Crippen LogP contribution in [0.3, 0.4) is 0 Å². The van der Waals surface area contributed by atoms with Crippen molar-refractivity contribution in [1.82, 2.24) is 0 Å². The minimum Gasteiger partial charge on any atom is -0.487 e. The molecule has 2 aromatic rings. The van der Waals surface area contributed by atoms with Gasteiger partial charge in [-0.3, -0.25) is 0 Å². The van der Waals surface area contributed by atoms with Crippen LogP contribution in [0.5, 0.6) is 5.75 Å². The molecule has 0 saturated carbocycles. The van der Waals surface area contributed by atoms with Crippen molar-refractivity contribution in [1.29, 1.82) is 0 Å². The van der Waals surface area contributed by atoms with Crippen LogP contribution in [0.2, 0.25) is 0 Å². The highest BCUT2D eigenvalue weighted by Crippen LogP contribution is 2.47. The Labute approximate surface area is 112 Å². The Bertz CT molecular complexity index is 697. The number of fused-ring (bicyclic) bond motifs is 3. The summed E-state index contributed by atoms with van der Waals surface area (Å²) < 4.78 is 11.5. The van der Waals surface area contributed by atoms with Gasteiger partial charge in [0.1, 0.15) is 16.9 Å².